The van der Waals surface area contributed by atoms with E-state index in [2.05, 4.69) is 10.6 Å². The van der Waals surface area contributed by atoms with Crippen LogP contribution in [-0.2, 0) is 10.0 Å². The zero-order valence-corrected chi connectivity index (χ0v) is 17.2. The number of benzene rings is 3. The van der Waals surface area contributed by atoms with Crippen molar-refractivity contribution in [1.29, 1.82) is 0 Å². The van der Waals surface area contributed by atoms with Crippen LogP contribution in [0.25, 0.3) is 0 Å². The molecule has 3 aromatic rings. The van der Waals surface area contributed by atoms with Gasteiger partial charge in [-0.25, -0.2) is 13.2 Å². The van der Waals surface area contributed by atoms with Gasteiger partial charge in [-0.05, 0) is 35.7 Å². The van der Waals surface area contributed by atoms with E-state index in [0.717, 1.165) is 11.1 Å². The van der Waals surface area contributed by atoms with Gasteiger partial charge in [0.2, 0.25) is 10.0 Å². The number of rotatable bonds is 5. The van der Waals surface area contributed by atoms with Crippen molar-refractivity contribution in [2.75, 3.05) is 21.9 Å². The number of urea groups is 1. The van der Waals surface area contributed by atoms with E-state index in [-0.39, 0.29) is 17.8 Å². The quantitative estimate of drug-likeness (QED) is 0.650. The van der Waals surface area contributed by atoms with Crippen LogP contribution in [0.3, 0.4) is 0 Å². The molecule has 2 amide bonds. The van der Waals surface area contributed by atoms with Gasteiger partial charge in [0.15, 0.2) is 0 Å². The van der Waals surface area contributed by atoms with E-state index in [0.29, 0.717) is 24.3 Å². The Balaban J connectivity index is 1.53. The minimum Gasteiger partial charge on any atom is -0.327 e. The fourth-order valence-corrected chi connectivity index (χ4v) is 5.17. The molecular formula is C23H23N3O3S. The number of anilines is 2. The summed E-state index contributed by atoms with van der Waals surface area (Å²) in [7, 11) is -3.27. The maximum absolute atomic E-state index is 12.8. The largest absolute Gasteiger partial charge is 0.327 e. The third-order valence-corrected chi connectivity index (χ3v) is 6.90. The standard InChI is InChI=1S/C23H23N3O3S/c27-23(24-20-13-7-14-21(17-20)26-15-8-16-30(26,28)29)25-22(18-9-3-1-4-10-18)19-11-5-2-6-12-19/h1-7,9-14,17,22H,8,15-16H2,(H2,24,25,27). The van der Waals surface area contributed by atoms with Crippen LogP contribution in [0, 0.1) is 0 Å². The van der Waals surface area contributed by atoms with Crippen molar-refractivity contribution in [2.24, 2.45) is 0 Å². The Hall–Kier alpha value is -3.32. The molecule has 0 bridgehead atoms. The van der Waals surface area contributed by atoms with Crippen LogP contribution in [0.5, 0.6) is 0 Å². The molecule has 0 unspecified atom stereocenters. The molecule has 1 heterocycles. The average Bonchev–Trinajstić information content (AvgIpc) is 3.12. The first-order chi connectivity index (χ1) is 14.5. The fourth-order valence-electron chi connectivity index (χ4n) is 3.62. The summed E-state index contributed by atoms with van der Waals surface area (Å²) in [6.07, 6.45) is 0.607. The highest BCUT2D eigenvalue weighted by molar-refractivity contribution is 7.93. The summed E-state index contributed by atoms with van der Waals surface area (Å²) in [6.45, 7) is 0.460. The molecule has 1 aliphatic rings. The number of carbonyl (C=O) groups excluding carboxylic acids is 1. The summed E-state index contributed by atoms with van der Waals surface area (Å²) in [5.74, 6) is 0.154. The topological polar surface area (TPSA) is 78.5 Å². The molecule has 1 fully saturated rings. The molecule has 1 aliphatic heterocycles. The van der Waals surface area contributed by atoms with Crippen LogP contribution >= 0.6 is 0 Å². The van der Waals surface area contributed by atoms with Crippen LogP contribution < -0.4 is 14.9 Å². The summed E-state index contributed by atoms with van der Waals surface area (Å²) in [5.41, 5.74) is 3.03. The molecule has 0 aromatic heterocycles. The molecule has 0 saturated carbocycles. The van der Waals surface area contributed by atoms with Gasteiger partial charge in [-0.1, -0.05) is 66.7 Å². The smallest absolute Gasteiger partial charge is 0.319 e. The van der Waals surface area contributed by atoms with E-state index in [4.69, 9.17) is 0 Å². The second-order valence-corrected chi connectivity index (χ2v) is 9.16. The molecule has 2 N–H and O–H groups in total. The lowest BCUT2D eigenvalue weighted by atomic mass is 9.99. The van der Waals surface area contributed by atoms with Crippen molar-refractivity contribution in [3.8, 4) is 0 Å². The van der Waals surface area contributed by atoms with E-state index >= 15 is 0 Å². The van der Waals surface area contributed by atoms with E-state index in [9.17, 15) is 13.2 Å². The molecule has 30 heavy (non-hydrogen) atoms. The summed E-state index contributed by atoms with van der Waals surface area (Å²) in [5, 5.41) is 5.85. The molecule has 154 valence electrons. The molecule has 6 nitrogen and oxygen atoms in total. The first-order valence-corrected chi connectivity index (χ1v) is 11.4. The summed E-state index contributed by atoms with van der Waals surface area (Å²) in [4.78, 5) is 12.8. The number of nitrogens with zero attached hydrogens (tertiary/aromatic N) is 1. The second kappa shape index (κ2) is 8.59. The number of carbonyl (C=O) groups is 1. The molecule has 1 saturated heterocycles. The maximum atomic E-state index is 12.8. The summed E-state index contributed by atoms with van der Waals surface area (Å²) in [6, 6.07) is 25.7. The van der Waals surface area contributed by atoms with Crippen LogP contribution in [0.2, 0.25) is 0 Å². The van der Waals surface area contributed by atoms with Crippen molar-refractivity contribution in [1.82, 2.24) is 5.32 Å². The maximum Gasteiger partial charge on any atom is 0.319 e. The van der Waals surface area contributed by atoms with Crippen LogP contribution in [0.15, 0.2) is 84.9 Å². The SMILES string of the molecule is O=C(Nc1cccc(N2CCCS2(=O)=O)c1)NC(c1ccccc1)c1ccccc1. The van der Waals surface area contributed by atoms with E-state index in [1.54, 1.807) is 24.3 Å². The van der Waals surface area contributed by atoms with Crippen molar-refractivity contribution in [3.05, 3.63) is 96.1 Å². The molecule has 7 heteroatoms. The van der Waals surface area contributed by atoms with Gasteiger partial charge in [-0.3, -0.25) is 4.31 Å². The summed E-state index contributed by atoms with van der Waals surface area (Å²) >= 11 is 0. The lowest BCUT2D eigenvalue weighted by molar-refractivity contribution is 0.250. The van der Waals surface area contributed by atoms with Gasteiger partial charge in [-0.2, -0.15) is 0 Å². The van der Waals surface area contributed by atoms with Crippen LogP contribution in [-0.4, -0.2) is 26.7 Å². The van der Waals surface area contributed by atoms with Gasteiger partial charge in [-0.15, -0.1) is 0 Å². The zero-order chi connectivity index (χ0) is 21.0. The highest BCUT2D eigenvalue weighted by Crippen LogP contribution is 2.27. The second-order valence-electron chi connectivity index (χ2n) is 7.14. The van der Waals surface area contributed by atoms with Gasteiger partial charge in [0, 0.05) is 12.2 Å². The van der Waals surface area contributed by atoms with Gasteiger partial charge in [0.25, 0.3) is 0 Å². The predicted octanol–water partition coefficient (Wildman–Crippen LogP) is 4.14. The van der Waals surface area contributed by atoms with Crippen molar-refractivity contribution >= 4 is 27.4 Å². The number of amides is 2. The minimum absolute atomic E-state index is 0.154. The van der Waals surface area contributed by atoms with Gasteiger partial charge in [0.1, 0.15) is 0 Å². The first kappa shape index (κ1) is 20.0. The number of sulfonamides is 1. The van der Waals surface area contributed by atoms with Gasteiger partial charge < -0.3 is 10.6 Å². The van der Waals surface area contributed by atoms with E-state index in [1.807, 2.05) is 60.7 Å². The number of hydrogen-bond acceptors (Lipinski definition) is 3. The molecule has 0 spiro atoms. The monoisotopic (exact) mass is 421 g/mol. The van der Waals surface area contributed by atoms with Crippen molar-refractivity contribution in [2.45, 2.75) is 12.5 Å². The van der Waals surface area contributed by atoms with Crippen molar-refractivity contribution in [3.63, 3.8) is 0 Å². The molecular weight excluding hydrogens is 398 g/mol. The van der Waals surface area contributed by atoms with Crippen LogP contribution in [0.1, 0.15) is 23.6 Å². The molecule has 4 rings (SSSR count). The Morgan fingerprint density at radius 2 is 1.50 bits per heavy atom. The lowest BCUT2D eigenvalue weighted by Gasteiger charge is -2.21. The minimum atomic E-state index is -3.27. The van der Waals surface area contributed by atoms with E-state index in [1.165, 1.54) is 4.31 Å². The van der Waals surface area contributed by atoms with Crippen molar-refractivity contribution < 1.29 is 13.2 Å². The van der Waals surface area contributed by atoms with Gasteiger partial charge >= 0.3 is 6.03 Å². The number of nitrogens with one attached hydrogen (secondary N) is 2. The van der Waals surface area contributed by atoms with Crippen LogP contribution in [0.4, 0.5) is 16.2 Å². The highest BCUT2D eigenvalue weighted by Gasteiger charge is 2.28. The average molecular weight is 422 g/mol. The molecule has 0 atom stereocenters. The molecule has 3 aromatic carbocycles. The first-order valence-electron chi connectivity index (χ1n) is 9.81. The Bertz CT molecular complexity index is 1080. The zero-order valence-electron chi connectivity index (χ0n) is 16.4. The Morgan fingerprint density at radius 3 is 2.07 bits per heavy atom. The van der Waals surface area contributed by atoms with Gasteiger partial charge in [0.05, 0.1) is 17.5 Å². The Labute approximate surface area is 176 Å². The summed E-state index contributed by atoms with van der Waals surface area (Å²) < 4.78 is 25.8. The molecule has 0 aliphatic carbocycles. The molecule has 0 radical (unpaired) electrons. The Kier molecular flexibility index (Phi) is 5.72. The van der Waals surface area contributed by atoms with E-state index < -0.39 is 10.0 Å². The predicted molar refractivity (Wildman–Crippen MR) is 119 cm³/mol. The normalized spacial score (nSPS) is 15.2. The highest BCUT2D eigenvalue weighted by atomic mass is 32.2. The fraction of sp³-hybridized carbons (Fsp3) is 0.174. The third-order valence-electron chi connectivity index (χ3n) is 5.03. The number of hydrogen-bond donors (Lipinski definition) is 2. The lowest BCUT2D eigenvalue weighted by Crippen LogP contribution is -2.33. The Morgan fingerprint density at radius 1 is 0.867 bits per heavy atom. The third kappa shape index (κ3) is 4.46.